The zero-order valence-corrected chi connectivity index (χ0v) is 14.5. The lowest BCUT2D eigenvalue weighted by Gasteiger charge is -2.26. The van der Waals surface area contributed by atoms with Crippen LogP contribution in [0.15, 0.2) is 24.3 Å². The molecule has 1 aromatic rings. The Morgan fingerprint density at radius 1 is 1.36 bits per heavy atom. The maximum Gasteiger partial charge on any atom is 0.409 e. The van der Waals surface area contributed by atoms with Crippen LogP contribution in [0.5, 0.6) is 0 Å². The van der Waals surface area contributed by atoms with Crippen LogP contribution in [0.25, 0.3) is 0 Å². The van der Waals surface area contributed by atoms with Gasteiger partial charge in [0.15, 0.2) is 0 Å². The molecule has 1 unspecified atom stereocenters. The Morgan fingerprint density at radius 3 is 2.96 bits per heavy atom. The highest BCUT2D eigenvalue weighted by atomic mass is 35.5. The molecule has 0 spiro atoms. The molecule has 3 rings (SSSR count). The van der Waals surface area contributed by atoms with Gasteiger partial charge in [-0.3, -0.25) is 9.59 Å². The van der Waals surface area contributed by atoms with Gasteiger partial charge in [-0.2, -0.15) is 0 Å². The molecular weight excluding hydrogens is 346 g/mol. The first-order valence-corrected chi connectivity index (χ1v) is 8.68. The summed E-state index contributed by atoms with van der Waals surface area (Å²) >= 11 is 5.96. The summed E-state index contributed by atoms with van der Waals surface area (Å²) in [5.74, 6) is -0.676. The summed E-state index contributed by atoms with van der Waals surface area (Å²) in [6.07, 6.45) is 0.624. The third-order valence-electron chi connectivity index (χ3n) is 4.35. The first-order chi connectivity index (χ1) is 12.0. The second kappa shape index (κ2) is 7.74. The fraction of sp³-hybridized carbons (Fsp3) is 0.471. The van der Waals surface area contributed by atoms with Crippen LogP contribution in [0.1, 0.15) is 12.8 Å². The number of ether oxygens (including phenoxy) is 1. The van der Waals surface area contributed by atoms with Gasteiger partial charge in [-0.25, -0.2) is 4.79 Å². The van der Waals surface area contributed by atoms with Crippen molar-refractivity contribution in [1.82, 2.24) is 10.2 Å². The standard InChI is InChI=1S/C17H20ClN3O4/c18-13-3-1-4-14(10-13)21-11-12(9-15(21)22)16(23)19-5-7-20-6-2-8-25-17(20)24/h1,3-4,10,12H,2,5-9,11H2,(H,19,23). The molecule has 2 fully saturated rings. The van der Waals surface area contributed by atoms with Gasteiger partial charge in [0.05, 0.1) is 12.5 Å². The Hall–Kier alpha value is -2.28. The third kappa shape index (κ3) is 4.22. The zero-order chi connectivity index (χ0) is 17.8. The van der Waals surface area contributed by atoms with Gasteiger partial charge in [-0.15, -0.1) is 0 Å². The Labute approximate surface area is 150 Å². The minimum atomic E-state index is -0.403. The molecule has 1 atom stereocenters. The van der Waals surface area contributed by atoms with E-state index in [-0.39, 0.29) is 24.3 Å². The predicted octanol–water partition coefficient (Wildman–Crippen LogP) is 1.65. The van der Waals surface area contributed by atoms with Gasteiger partial charge in [0.1, 0.15) is 0 Å². The van der Waals surface area contributed by atoms with Crippen molar-refractivity contribution in [2.45, 2.75) is 12.8 Å². The monoisotopic (exact) mass is 365 g/mol. The van der Waals surface area contributed by atoms with Crippen molar-refractivity contribution in [1.29, 1.82) is 0 Å². The average molecular weight is 366 g/mol. The summed E-state index contributed by atoms with van der Waals surface area (Å²) in [4.78, 5) is 39.2. The number of nitrogens with one attached hydrogen (secondary N) is 1. The molecule has 7 nitrogen and oxygen atoms in total. The van der Waals surface area contributed by atoms with Gasteiger partial charge < -0.3 is 19.9 Å². The van der Waals surface area contributed by atoms with Crippen molar-refractivity contribution in [3.8, 4) is 0 Å². The smallest absolute Gasteiger partial charge is 0.409 e. The summed E-state index contributed by atoms with van der Waals surface area (Å²) in [6, 6.07) is 7.02. The largest absolute Gasteiger partial charge is 0.449 e. The van der Waals surface area contributed by atoms with E-state index in [2.05, 4.69) is 5.32 Å². The normalized spacial score (nSPS) is 20.6. The molecule has 0 aromatic heterocycles. The highest BCUT2D eigenvalue weighted by molar-refractivity contribution is 6.31. The number of carbonyl (C=O) groups is 3. The molecule has 2 heterocycles. The van der Waals surface area contributed by atoms with Gasteiger partial charge >= 0.3 is 6.09 Å². The second-order valence-corrected chi connectivity index (χ2v) is 6.57. The number of cyclic esters (lactones) is 1. The van der Waals surface area contributed by atoms with E-state index >= 15 is 0 Å². The van der Waals surface area contributed by atoms with Gasteiger partial charge in [0, 0.05) is 43.3 Å². The molecule has 2 saturated heterocycles. The van der Waals surface area contributed by atoms with Crippen LogP contribution < -0.4 is 10.2 Å². The van der Waals surface area contributed by atoms with Crippen LogP contribution in [-0.2, 0) is 14.3 Å². The van der Waals surface area contributed by atoms with Crippen LogP contribution >= 0.6 is 11.6 Å². The van der Waals surface area contributed by atoms with Gasteiger partial charge in [-0.1, -0.05) is 17.7 Å². The fourth-order valence-corrected chi connectivity index (χ4v) is 3.22. The maximum atomic E-state index is 12.3. The molecule has 2 aliphatic heterocycles. The first kappa shape index (κ1) is 17.5. The molecular formula is C17H20ClN3O4. The van der Waals surface area contributed by atoms with Crippen molar-refractivity contribution in [3.05, 3.63) is 29.3 Å². The topological polar surface area (TPSA) is 79.0 Å². The molecule has 134 valence electrons. The van der Waals surface area contributed by atoms with E-state index in [4.69, 9.17) is 16.3 Å². The molecule has 0 bridgehead atoms. The highest BCUT2D eigenvalue weighted by Crippen LogP contribution is 2.27. The molecule has 8 heteroatoms. The molecule has 0 aliphatic carbocycles. The predicted molar refractivity (Wildman–Crippen MR) is 92.5 cm³/mol. The SMILES string of the molecule is O=C(NCCN1CCCOC1=O)C1CC(=O)N(c2cccc(Cl)c2)C1. The maximum absolute atomic E-state index is 12.3. The summed E-state index contributed by atoms with van der Waals surface area (Å²) in [7, 11) is 0. The minimum Gasteiger partial charge on any atom is -0.449 e. The number of hydrogen-bond donors (Lipinski definition) is 1. The fourth-order valence-electron chi connectivity index (χ4n) is 3.04. The molecule has 0 radical (unpaired) electrons. The van der Waals surface area contributed by atoms with Crippen molar-refractivity contribution in [2.24, 2.45) is 5.92 Å². The Morgan fingerprint density at radius 2 is 2.20 bits per heavy atom. The lowest BCUT2D eigenvalue weighted by Crippen LogP contribution is -2.43. The second-order valence-electron chi connectivity index (χ2n) is 6.13. The molecule has 2 aliphatic rings. The third-order valence-corrected chi connectivity index (χ3v) is 4.59. The van der Waals surface area contributed by atoms with Crippen LogP contribution in [0.2, 0.25) is 5.02 Å². The number of amides is 3. The zero-order valence-electron chi connectivity index (χ0n) is 13.7. The number of halogens is 1. The summed E-state index contributed by atoms with van der Waals surface area (Å²) in [6.45, 7) is 2.17. The Kier molecular flexibility index (Phi) is 5.43. The summed E-state index contributed by atoms with van der Waals surface area (Å²) < 4.78 is 4.95. The van der Waals surface area contributed by atoms with Gasteiger partial charge in [0.25, 0.3) is 0 Å². The van der Waals surface area contributed by atoms with Crippen molar-refractivity contribution < 1.29 is 19.1 Å². The van der Waals surface area contributed by atoms with E-state index in [0.29, 0.717) is 43.5 Å². The number of anilines is 1. The Bertz CT molecular complexity index is 682. The van der Waals surface area contributed by atoms with Gasteiger partial charge in [-0.05, 0) is 24.6 Å². The molecule has 25 heavy (non-hydrogen) atoms. The van der Waals surface area contributed by atoms with E-state index in [0.717, 1.165) is 6.42 Å². The van der Waals surface area contributed by atoms with E-state index in [1.807, 2.05) is 0 Å². The van der Waals surface area contributed by atoms with Crippen LogP contribution in [0, 0.1) is 5.92 Å². The average Bonchev–Trinajstić information content (AvgIpc) is 2.98. The van der Waals surface area contributed by atoms with Crippen LogP contribution in [-0.4, -0.2) is 55.6 Å². The molecule has 1 aromatic carbocycles. The summed E-state index contributed by atoms with van der Waals surface area (Å²) in [5.41, 5.74) is 0.698. The van der Waals surface area contributed by atoms with Crippen molar-refractivity contribution in [2.75, 3.05) is 37.7 Å². The molecule has 0 saturated carbocycles. The molecule has 1 N–H and O–H groups in total. The number of benzene rings is 1. The van der Waals surface area contributed by atoms with E-state index in [1.165, 1.54) is 0 Å². The lowest BCUT2D eigenvalue weighted by atomic mass is 10.1. The highest BCUT2D eigenvalue weighted by Gasteiger charge is 2.35. The number of hydrogen-bond acceptors (Lipinski definition) is 4. The van der Waals surface area contributed by atoms with Crippen molar-refractivity contribution >= 4 is 35.2 Å². The molecule has 3 amide bonds. The van der Waals surface area contributed by atoms with Crippen LogP contribution in [0.4, 0.5) is 10.5 Å². The van der Waals surface area contributed by atoms with Gasteiger partial charge in [0.2, 0.25) is 11.8 Å². The number of carbonyl (C=O) groups excluding carboxylic acids is 3. The first-order valence-electron chi connectivity index (χ1n) is 8.30. The quantitative estimate of drug-likeness (QED) is 0.860. The Balaban J connectivity index is 1.50. The van der Waals surface area contributed by atoms with Crippen molar-refractivity contribution in [3.63, 3.8) is 0 Å². The van der Waals surface area contributed by atoms with Crippen LogP contribution in [0.3, 0.4) is 0 Å². The van der Waals surface area contributed by atoms with E-state index in [9.17, 15) is 14.4 Å². The van der Waals surface area contributed by atoms with E-state index in [1.54, 1.807) is 34.1 Å². The summed E-state index contributed by atoms with van der Waals surface area (Å²) in [5, 5.41) is 3.35. The number of rotatable bonds is 5. The number of nitrogens with zero attached hydrogens (tertiary/aromatic N) is 2. The lowest BCUT2D eigenvalue weighted by molar-refractivity contribution is -0.126. The minimum absolute atomic E-state index is 0.0953. The van der Waals surface area contributed by atoms with E-state index < -0.39 is 5.92 Å².